The van der Waals surface area contributed by atoms with E-state index in [2.05, 4.69) is 4.98 Å². The van der Waals surface area contributed by atoms with Crippen molar-refractivity contribution in [2.45, 2.75) is 13.2 Å². The number of esters is 1. The van der Waals surface area contributed by atoms with Gasteiger partial charge in [-0.05, 0) is 17.2 Å². The summed E-state index contributed by atoms with van der Waals surface area (Å²) < 4.78 is 7.13. The molecule has 2 aromatic carbocycles. The molecule has 27 heavy (non-hydrogen) atoms. The Morgan fingerprint density at radius 1 is 1.19 bits per heavy atom. The van der Waals surface area contributed by atoms with Gasteiger partial charge in [0.25, 0.3) is 5.69 Å². The van der Waals surface area contributed by atoms with E-state index in [0.29, 0.717) is 17.9 Å². The maximum Gasteiger partial charge on any atom is 0.331 e. The van der Waals surface area contributed by atoms with Crippen molar-refractivity contribution in [3.05, 3.63) is 100 Å². The van der Waals surface area contributed by atoms with Crippen molar-refractivity contribution >= 4 is 17.7 Å². The van der Waals surface area contributed by atoms with Gasteiger partial charge in [-0.3, -0.25) is 10.1 Å². The Hall–Kier alpha value is -3.74. The quantitative estimate of drug-likeness (QED) is 0.277. The highest BCUT2D eigenvalue weighted by Crippen LogP contribution is 2.14. The first kappa shape index (κ1) is 18.1. The maximum absolute atomic E-state index is 11.9. The number of hydrogen-bond donors (Lipinski definition) is 0. The van der Waals surface area contributed by atoms with E-state index in [-0.39, 0.29) is 12.3 Å². The molecule has 1 aromatic heterocycles. The lowest BCUT2D eigenvalue weighted by atomic mass is 10.2. The molecule has 3 rings (SSSR count). The second-order valence-corrected chi connectivity index (χ2v) is 5.75. The summed E-state index contributed by atoms with van der Waals surface area (Å²) in [6, 6.07) is 15.9. The number of carbonyl (C=O) groups excluding carboxylic acids is 1. The summed E-state index contributed by atoms with van der Waals surface area (Å²) in [6.07, 6.45) is 6.20. The Morgan fingerprint density at radius 2 is 2.00 bits per heavy atom. The number of rotatable bonds is 7. The normalized spacial score (nSPS) is 10.8. The van der Waals surface area contributed by atoms with Crippen LogP contribution in [0.1, 0.15) is 17.0 Å². The van der Waals surface area contributed by atoms with Crippen LogP contribution >= 0.6 is 0 Å². The molecule has 0 radical (unpaired) electrons. The molecular formula is C20H17N3O4. The van der Waals surface area contributed by atoms with E-state index in [9.17, 15) is 14.9 Å². The van der Waals surface area contributed by atoms with Crippen LogP contribution in [0.5, 0.6) is 0 Å². The number of nitro benzene ring substituents is 1. The molecule has 7 heteroatoms. The number of aromatic nitrogens is 2. The standard InChI is InChI=1S/C20H17N3O4/c24-20(10-9-16-7-4-8-18(13-16)23(25)26)27-15-19-21-11-12-22(19)14-17-5-2-1-3-6-17/h1-13H,14-15H2/b10-9+. The lowest BCUT2D eigenvalue weighted by Gasteiger charge is -2.08. The fourth-order valence-electron chi connectivity index (χ4n) is 2.49. The van der Waals surface area contributed by atoms with Crippen LogP contribution in [0.15, 0.2) is 73.1 Å². The van der Waals surface area contributed by atoms with E-state index in [4.69, 9.17) is 4.74 Å². The molecular weight excluding hydrogens is 346 g/mol. The van der Waals surface area contributed by atoms with Crippen molar-refractivity contribution < 1.29 is 14.5 Å². The second kappa shape index (κ2) is 8.57. The van der Waals surface area contributed by atoms with Gasteiger partial charge in [-0.1, -0.05) is 42.5 Å². The van der Waals surface area contributed by atoms with Crippen LogP contribution in [-0.2, 0) is 22.7 Å². The van der Waals surface area contributed by atoms with Gasteiger partial charge in [0.1, 0.15) is 12.4 Å². The van der Waals surface area contributed by atoms with E-state index >= 15 is 0 Å². The average Bonchev–Trinajstić information content (AvgIpc) is 3.12. The number of hydrogen-bond acceptors (Lipinski definition) is 5. The fourth-order valence-corrected chi connectivity index (χ4v) is 2.49. The minimum atomic E-state index is -0.546. The third-order valence-electron chi connectivity index (χ3n) is 3.83. The molecule has 0 unspecified atom stereocenters. The van der Waals surface area contributed by atoms with Crippen molar-refractivity contribution in [1.29, 1.82) is 0 Å². The fraction of sp³-hybridized carbons (Fsp3) is 0.100. The summed E-state index contributed by atoms with van der Waals surface area (Å²) in [7, 11) is 0. The molecule has 1 heterocycles. The summed E-state index contributed by atoms with van der Waals surface area (Å²) in [5, 5.41) is 10.8. The zero-order valence-corrected chi connectivity index (χ0v) is 14.4. The molecule has 0 N–H and O–H groups in total. The molecule has 0 saturated heterocycles. The molecule has 0 spiro atoms. The minimum Gasteiger partial charge on any atom is -0.454 e. The molecule has 3 aromatic rings. The number of nitrogens with zero attached hydrogens (tertiary/aromatic N) is 3. The lowest BCUT2D eigenvalue weighted by Crippen LogP contribution is -2.08. The van der Waals surface area contributed by atoms with E-state index in [1.165, 1.54) is 24.3 Å². The number of nitro groups is 1. The van der Waals surface area contributed by atoms with E-state index < -0.39 is 10.9 Å². The predicted octanol–water partition coefficient (Wildman–Crippen LogP) is 3.60. The molecule has 0 saturated carbocycles. The van der Waals surface area contributed by atoms with Gasteiger partial charge in [-0.15, -0.1) is 0 Å². The summed E-state index contributed by atoms with van der Waals surface area (Å²) in [5.41, 5.74) is 1.63. The Kier molecular flexibility index (Phi) is 5.73. The van der Waals surface area contributed by atoms with Gasteiger partial charge in [-0.25, -0.2) is 9.78 Å². The second-order valence-electron chi connectivity index (χ2n) is 5.75. The molecule has 0 atom stereocenters. The highest BCUT2D eigenvalue weighted by molar-refractivity contribution is 5.87. The SMILES string of the molecule is O=C(/C=C/c1cccc([N+](=O)[O-])c1)OCc1nccn1Cc1ccccc1. The molecule has 136 valence electrons. The van der Waals surface area contributed by atoms with Crippen molar-refractivity contribution in [2.24, 2.45) is 0 Å². The number of non-ortho nitro benzene ring substituents is 1. The Bertz CT molecular complexity index is 964. The van der Waals surface area contributed by atoms with Gasteiger partial charge < -0.3 is 9.30 Å². The largest absolute Gasteiger partial charge is 0.454 e. The zero-order valence-electron chi connectivity index (χ0n) is 14.4. The number of benzene rings is 2. The Labute approximate surface area is 155 Å². The Balaban J connectivity index is 1.58. The minimum absolute atomic E-state index is 0.0338. The lowest BCUT2D eigenvalue weighted by molar-refractivity contribution is -0.384. The van der Waals surface area contributed by atoms with Gasteiger partial charge in [-0.2, -0.15) is 0 Å². The maximum atomic E-state index is 11.9. The number of carbonyl (C=O) groups is 1. The van der Waals surface area contributed by atoms with E-state index in [1.807, 2.05) is 41.1 Å². The topological polar surface area (TPSA) is 87.3 Å². The van der Waals surface area contributed by atoms with Crippen LogP contribution < -0.4 is 0 Å². The number of imidazole rings is 1. The Morgan fingerprint density at radius 3 is 2.78 bits per heavy atom. The van der Waals surface area contributed by atoms with Crippen LogP contribution in [0.4, 0.5) is 5.69 Å². The third kappa shape index (κ3) is 5.12. The molecule has 0 bridgehead atoms. The number of ether oxygens (including phenoxy) is 1. The zero-order chi connectivity index (χ0) is 19.1. The van der Waals surface area contributed by atoms with Gasteiger partial charge in [0.2, 0.25) is 0 Å². The van der Waals surface area contributed by atoms with Gasteiger partial charge in [0.05, 0.1) is 4.92 Å². The first-order valence-corrected chi connectivity index (χ1v) is 8.25. The van der Waals surface area contributed by atoms with Crippen molar-refractivity contribution in [3.8, 4) is 0 Å². The highest BCUT2D eigenvalue weighted by Gasteiger charge is 2.07. The van der Waals surface area contributed by atoms with Crippen LogP contribution in [0.2, 0.25) is 0 Å². The monoisotopic (exact) mass is 363 g/mol. The molecule has 0 fully saturated rings. The van der Waals surface area contributed by atoms with Crippen LogP contribution in [-0.4, -0.2) is 20.4 Å². The van der Waals surface area contributed by atoms with Crippen LogP contribution in [0, 0.1) is 10.1 Å². The first-order valence-electron chi connectivity index (χ1n) is 8.25. The summed E-state index contributed by atoms with van der Waals surface area (Å²) in [6.45, 7) is 0.676. The summed E-state index contributed by atoms with van der Waals surface area (Å²) >= 11 is 0. The molecule has 0 amide bonds. The van der Waals surface area contributed by atoms with E-state index in [1.54, 1.807) is 18.3 Å². The molecule has 7 nitrogen and oxygen atoms in total. The van der Waals surface area contributed by atoms with Gasteiger partial charge in [0.15, 0.2) is 0 Å². The van der Waals surface area contributed by atoms with Crippen molar-refractivity contribution in [2.75, 3.05) is 0 Å². The van der Waals surface area contributed by atoms with Crippen LogP contribution in [0.25, 0.3) is 6.08 Å². The smallest absolute Gasteiger partial charge is 0.331 e. The molecule has 0 aliphatic heterocycles. The highest BCUT2D eigenvalue weighted by atomic mass is 16.6. The molecule has 0 aliphatic rings. The van der Waals surface area contributed by atoms with Gasteiger partial charge >= 0.3 is 5.97 Å². The molecule has 0 aliphatic carbocycles. The summed E-state index contributed by atoms with van der Waals surface area (Å²) in [4.78, 5) is 26.4. The summed E-state index contributed by atoms with van der Waals surface area (Å²) in [5.74, 6) is 0.0896. The predicted molar refractivity (Wildman–Crippen MR) is 99.7 cm³/mol. The van der Waals surface area contributed by atoms with E-state index in [0.717, 1.165) is 5.56 Å². The average molecular weight is 363 g/mol. The van der Waals surface area contributed by atoms with Gasteiger partial charge in [0, 0.05) is 37.1 Å². The van der Waals surface area contributed by atoms with Crippen LogP contribution in [0.3, 0.4) is 0 Å². The first-order chi connectivity index (χ1) is 13.1. The van der Waals surface area contributed by atoms with Crippen molar-refractivity contribution in [1.82, 2.24) is 9.55 Å². The third-order valence-corrected chi connectivity index (χ3v) is 3.83. The van der Waals surface area contributed by atoms with Crippen molar-refractivity contribution in [3.63, 3.8) is 0 Å².